The first-order chi connectivity index (χ1) is 9.81. The molecule has 2 aromatic rings. The largest absolute Gasteiger partial charge is 0.228 e. The lowest BCUT2D eigenvalue weighted by Crippen LogP contribution is -2.01. The van der Waals surface area contributed by atoms with Gasteiger partial charge < -0.3 is 0 Å². The van der Waals surface area contributed by atoms with Crippen molar-refractivity contribution in [3.8, 4) is 0 Å². The molecule has 1 aromatic carbocycles. The first kappa shape index (κ1) is 16.5. The van der Waals surface area contributed by atoms with Crippen LogP contribution in [-0.4, -0.2) is 9.97 Å². The highest BCUT2D eigenvalue weighted by atomic mass is 79.9. The van der Waals surface area contributed by atoms with Gasteiger partial charge in [-0.15, -0.1) is 0 Å². The average molecular weight is 365 g/mol. The Labute approximate surface area is 139 Å². The maximum absolute atomic E-state index is 4.51. The molecule has 4 heteroatoms. The van der Waals surface area contributed by atoms with Gasteiger partial charge in [0.05, 0.1) is 0 Å². The molecule has 0 amide bonds. The summed E-state index contributed by atoms with van der Waals surface area (Å²) in [6, 6.07) is 2.01. The molecule has 1 heterocycles. The van der Waals surface area contributed by atoms with Gasteiger partial charge in [0.2, 0.25) is 0 Å². The zero-order chi connectivity index (χ0) is 15.7. The molecule has 21 heavy (non-hydrogen) atoms. The van der Waals surface area contributed by atoms with Crippen molar-refractivity contribution < 1.29 is 0 Å². The molecule has 0 aliphatic rings. The van der Waals surface area contributed by atoms with Crippen molar-refractivity contribution in [2.45, 2.75) is 52.5 Å². The van der Waals surface area contributed by atoms with E-state index in [2.05, 4.69) is 53.6 Å². The molecule has 0 spiro atoms. The molecule has 0 fully saturated rings. The fraction of sp³-hybridized carbons (Fsp3) is 0.412. The van der Waals surface area contributed by atoms with E-state index in [-0.39, 0.29) is 0 Å². The lowest BCUT2D eigenvalue weighted by molar-refractivity contribution is 0.901. The fourth-order valence-corrected chi connectivity index (χ4v) is 4.17. The van der Waals surface area contributed by atoms with Gasteiger partial charge in [-0.1, -0.05) is 27.7 Å². The number of thioether (sulfide) groups is 1. The zero-order valence-electron chi connectivity index (χ0n) is 13.5. The van der Waals surface area contributed by atoms with Crippen LogP contribution in [0.5, 0.6) is 0 Å². The average Bonchev–Trinajstić information content (AvgIpc) is 2.42. The van der Waals surface area contributed by atoms with E-state index in [1.807, 2.05) is 19.9 Å². The van der Waals surface area contributed by atoms with Crippen LogP contribution in [0.25, 0.3) is 0 Å². The van der Waals surface area contributed by atoms with E-state index in [1.54, 1.807) is 11.8 Å². The Morgan fingerprint density at radius 3 is 1.81 bits per heavy atom. The Kier molecular flexibility index (Phi) is 5.10. The predicted molar refractivity (Wildman–Crippen MR) is 94.2 cm³/mol. The minimum absolute atomic E-state index is 0.865. The standard InChI is InChI=1S/C17H21BrN2S/c1-9-7-10(2)20-17(19-9)21-8-15-11(3)13(5)16(18)14(6)12(15)4/h7H,8H2,1-6H3. The number of nitrogens with zero attached hydrogens (tertiary/aromatic N) is 2. The van der Waals surface area contributed by atoms with Gasteiger partial charge in [-0.3, -0.25) is 0 Å². The van der Waals surface area contributed by atoms with Crippen LogP contribution in [0.2, 0.25) is 0 Å². The van der Waals surface area contributed by atoms with E-state index in [0.29, 0.717) is 0 Å². The minimum atomic E-state index is 0.865. The lowest BCUT2D eigenvalue weighted by atomic mass is 9.95. The molecular formula is C17H21BrN2S. The second-order valence-electron chi connectivity index (χ2n) is 5.51. The minimum Gasteiger partial charge on any atom is -0.228 e. The van der Waals surface area contributed by atoms with Crippen LogP contribution in [0.1, 0.15) is 39.2 Å². The number of hydrogen-bond donors (Lipinski definition) is 0. The van der Waals surface area contributed by atoms with Crippen LogP contribution >= 0.6 is 27.7 Å². The fourth-order valence-electron chi connectivity index (χ4n) is 2.46. The van der Waals surface area contributed by atoms with Crippen molar-refractivity contribution >= 4 is 27.7 Å². The SMILES string of the molecule is Cc1cc(C)nc(SCc2c(C)c(C)c(Br)c(C)c2C)n1. The molecule has 1 aromatic heterocycles. The van der Waals surface area contributed by atoms with Gasteiger partial charge in [0, 0.05) is 21.6 Å². The zero-order valence-corrected chi connectivity index (χ0v) is 15.9. The monoisotopic (exact) mass is 364 g/mol. The van der Waals surface area contributed by atoms with Gasteiger partial charge in [-0.05, 0) is 75.4 Å². The van der Waals surface area contributed by atoms with E-state index in [1.165, 1.54) is 32.3 Å². The maximum Gasteiger partial charge on any atom is 0.188 e. The van der Waals surface area contributed by atoms with Gasteiger partial charge >= 0.3 is 0 Å². The third-order valence-electron chi connectivity index (χ3n) is 4.00. The molecule has 2 rings (SSSR count). The van der Waals surface area contributed by atoms with Crippen molar-refractivity contribution in [2.75, 3.05) is 0 Å². The highest BCUT2D eigenvalue weighted by molar-refractivity contribution is 9.10. The normalized spacial score (nSPS) is 11.0. The topological polar surface area (TPSA) is 25.8 Å². The highest BCUT2D eigenvalue weighted by Gasteiger charge is 2.14. The lowest BCUT2D eigenvalue weighted by Gasteiger charge is -2.17. The van der Waals surface area contributed by atoms with E-state index in [9.17, 15) is 0 Å². The summed E-state index contributed by atoms with van der Waals surface area (Å²) >= 11 is 5.41. The Balaban J connectivity index is 2.32. The van der Waals surface area contributed by atoms with Crippen molar-refractivity contribution in [2.24, 2.45) is 0 Å². The van der Waals surface area contributed by atoms with Gasteiger partial charge in [0.1, 0.15) is 0 Å². The van der Waals surface area contributed by atoms with Crippen LogP contribution < -0.4 is 0 Å². The first-order valence-corrected chi connectivity index (χ1v) is 8.79. The molecule has 0 saturated carbocycles. The second-order valence-corrected chi connectivity index (χ2v) is 7.25. The van der Waals surface area contributed by atoms with Crippen molar-refractivity contribution in [1.82, 2.24) is 9.97 Å². The molecule has 0 atom stereocenters. The molecule has 0 radical (unpaired) electrons. The quantitative estimate of drug-likeness (QED) is 0.539. The van der Waals surface area contributed by atoms with E-state index in [4.69, 9.17) is 0 Å². The smallest absolute Gasteiger partial charge is 0.188 e. The summed E-state index contributed by atoms with van der Waals surface area (Å²) in [6.45, 7) is 12.8. The van der Waals surface area contributed by atoms with Crippen LogP contribution in [0.3, 0.4) is 0 Å². The molecule has 0 N–H and O–H groups in total. The summed E-state index contributed by atoms with van der Waals surface area (Å²) in [4.78, 5) is 9.03. The molecule has 0 aliphatic carbocycles. The first-order valence-electron chi connectivity index (χ1n) is 7.01. The Morgan fingerprint density at radius 1 is 0.857 bits per heavy atom. The molecule has 2 nitrogen and oxygen atoms in total. The van der Waals surface area contributed by atoms with Gasteiger partial charge in [0.25, 0.3) is 0 Å². The summed E-state index contributed by atoms with van der Waals surface area (Å²) in [5.74, 6) is 0.912. The van der Waals surface area contributed by atoms with Gasteiger partial charge in [-0.25, -0.2) is 9.97 Å². The van der Waals surface area contributed by atoms with Gasteiger partial charge in [-0.2, -0.15) is 0 Å². The molecule has 0 unspecified atom stereocenters. The summed E-state index contributed by atoms with van der Waals surface area (Å²) < 4.78 is 1.23. The molecule has 0 bridgehead atoms. The third kappa shape index (κ3) is 3.49. The highest BCUT2D eigenvalue weighted by Crippen LogP contribution is 2.33. The van der Waals surface area contributed by atoms with Crippen molar-refractivity contribution in [3.05, 3.63) is 49.7 Å². The van der Waals surface area contributed by atoms with E-state index < -0.39 is 0 Å². The summed E-state index contributed by atoms with van der Waals surface area (Å²) in [6.07, 6.45) is 0. The van der Waals surface area contributed by atoms with Crippen molar-refractivity contribution in [3.63, 3.8) is 0 Å². The van der Waals surface area contributed by atoms with E-state index in [0.717, 1.165) is 22.3 Å². The maximum atomic E-state index is 4.51. The summed E-state index contributed by atoms with van der Waals surface area (Å²) in [5, 5.41) is 0.865. The molecular weight excluding hydrogens is 344 g/mol. The number of hydrogen-bond acceptors (Lipinski definition) is 3. The number of aryl methyl sites for hydroxylation is 2. The van der Waals surface area contributed by atoms with Crippen LogP contribution in [0, 0.1) is 41.5 Å². The van der Waals surface area contributed by atoms with Crippen LogP contribution in [0.15, 0.2) is 15.7 Å². The number of benzene rings is 1. The molecule has 0 aliphatic heterocycles. The van der Waals surface area contributed by atoms with Crippen LogP contribution in [-0.2, 0) is 5.75 Å². The Morgan fingerprint density at radius 2 is 1.33 bits per heavy atom. The second kappa shape index (κ2) is 6.49. The Hall–Kier alpha value is -0.870. The number of aromatic nitrogens is 2. The number of rotatable bonds is 3. The molecule has 112 valence electrons. The Bertz CT molecular complexity index is 646. The summed E-state index contributed by atoms with van der Waals surface area (Å²) in [5.41, 5.74) is 8.85. The third-order valence-corrected chi connectivity index (χ3v) is 6.06. The number of halogens is 1. The van der Waals surface area contributed by atoms with Crippen LogP contribution in [0.4, 0.5) is 0 Å². The molecule has 0 saturated heterocycles. The summed E-state index contributed by atoms with van der Waals surface area (Å²) in [7, 11) is 0. The predicted octanol–water partition coefficient (Wildman–Crippen LogP) is 5.38. The van der Waals surface area contributed by atoms with Gasteiger partial charge in [0.15, 0.2) is 5.16 Å². The van der Waals surface area contributed by atoms with E-state index >= 15 is 0 Å². The van der Waals surface area contributed by atoms with Crippen molar-refractivity contribution in [1.29, 1.82) is 0 Å².